The van der Waals surface area contributed by atoms with Gasteiger partial charge in [0.15, 0.2) is 0 Å². The van der Waals surface area contributed by atoms with Gasteiger partial charge in [0.2, 0.25) is 5.91 Å². The van der Waals surface area contributed by atoms with Crippen molar-refractivity contribution >= 4 is 17.2 Å². The average Bonchev–Trinajstić information content (AvgIpc) is 3.04. The molecule has 112 valence electrons. The van der Waals surface area contributed by atoms with Gasteiger partial charge in [0.1, 0.15) is 0 Å². The Morgan fingerprint density at radius 2 is 2.24 bits per heavy atom. The van der Waals surface area contributed by atoms with Crippen molar-refractivity contribution in [3.05, 3.63) is 39.6 Å². The van der Waals surface area contributed by atoms with Crippen LogP contribution in [0, 0.1) is 13.8 Å². The minimum absolute atomic E-state index is 0.204. The zero-order valence-corrected chi connectivity index (χ0v) is 13.6. The van der Waals surface area contributed by atoms with Crippen molar-refractivity contribution < 1.29 is 4.79 Å². The van der Waals surface area contributed by atoms with E-state index in [0.29, 0.717) is 6.42 Å². The predicted octanol–water partition coefficient (Wildman–Crippen LogP) is 3.10. The van der Waals surface area contributed by atoms with E-state index in [1.807, 2.05) is 18.7 Å². The van der Waals surface area contributed by atoms with Crippen LogP contribution in [0.2, 0.25) is 0 Å². The smallest absolute Gasteiger partial charge is 0.228 e. The van der Waals surface area contributed by atoms with Gasteiger partial charge in [0, 0.05) is 29.9 Å². The second kappa shape index (κ2) is 5.64. The van der Waals surface area contributed by atoms with E-state index in [1.165, 1.54) is 5.69 Å². The highest BCUT2D eigenvalue weighted by Gasteiger charge is 2.29. The fourth-order valence-electron chi connectivity index (χ4n) is 3.17. The monoisotopic (exact) mass is 303 g/mol. The van der Waals surface area contributed by atoms with E-state index in [4.69, 9.17) is 0 Å². The topological polar surface area (TPSA) is 38.1 Å². The second-order valence-electron chi connectivity index (χ2n) is 5.56. The van der Waals surface area contributed by atoms with E-state index < -0.39 is 0 Å². The molecule has 3 rings (SSSR count). The first-order valence-electron chi connectivity index (χ1n) is 7.47. The first-order chi connectivity index (χ1) is 10.1. The molecule has 1 aliphatic rings. The average molecular weight is 303 g/mol. The van der Waals surface area contributed by atoms with Crippen molar-refractivity contribution in [3.63, 3.8) is 0 Å². The lowest BCUT2D eigenvalue weighted by atomic mass is 10.1. The van der Waals surface area contributed by atoms with Gasteiger partial charge in [-0.25, -0.2) is 4.98 Å². The van der Waals surface area contributed by atoms with Crippen LogP contribution in [0.3, 0.4) is 0 Å². The largest absolute Gasteiger partial charge is 0.348 e. The lowest BCUT2D eigenvalue weighted by Gasteiger charge is -2.36. The molecule has 2 aromatic heterocycles. The Morgan fingerprint density at radius 1 is 1.43 bits per heavy atom. The van der Waals surface area contributed by atoms with Crippen molar-refractivity contribution in [2.75, 3.05) is 6.54 Å². The molecule has 0 radical (unpaired) electrons. The number of fused-ring (bicyclic) bond motifs is 1. The molecule has 1 aliphatic heterocycles. The summed E-state index contributed by atoms with van der Waals surface area (Å²) in [5.41, 5.74) is 2.26. The quantitative estimate of drug-likeness (QED) is 0.874. The van der Waals surface area contributed by atoms with Crippen molar-refractivity contribution in [2.24, 2.45) is 0 Å². The van der Waals surface area contributed by atoms with Gasteiger partial charge < -0.3 is 9.47 Å². The first-order valence-corrected chi connectivity index (χ1v) is 8.29. The molecule has 0 saturated heterocycles. The standard InChI is InChI=1S/C16H21N3OS/c1-4-13-14-6-5-7-18(14)8-9-19(13)16(20)10-15-11(2)17-12(3)21-15/h5-7,13H,4,8-10H2,1-3H3/t13-/m1/s1. The summed E-state index contributed by atoms with van der Waals surface area (Å²) in [6.45, 7) is 7.83. The number of hydrogen-bond donors (Lipinski definition) is 0. The number of hydrogen-bond acceptors (Lipinski definition) is 3. The molecule has 0 fully saturated rings. The molecule has 1 atom stereocenters. The van der Waals surface area contributed by atoms with Crippen molar-refractivity contribution in [3.8, 4) is 0 Å². The number of carbonyl (C=O) groups is 1. The number of aromatic nitrogens is 2. The highest BCUT2D eigenvalue weighted by atomic mass is 32.1. The van der Waals surface area contributed by atoms with Gasteiger partial charge in [-0.15, -0.1) is 11.3 Å². The molecule has 0 saturated carbocycles. The van der Waals surface area contributed by atoms with E-state index in [1.54, 1.807) is 11.3 Å². The molecular formula is C16H21N3OS. The molecule has 0 unspecified atom stereocenters. The van der Waals surface area contributed by atoms with Gasteiger partial charge in [0.05, 0.1) is 23.2 Å². The molecule has 0 N–H and O–H groups in total. The normalized spacial score (nSPS) is 17.9. The Morgan fingerprint density at radius 3 is 2.90 bits per heavy atom. The molecule has 3 heterocycles. The molecule has 5 heteroatoms. The van der Waals surface area contributed by atoms with Crippen LogP contribution in [0.1, 0.15) is 40.7 Å². The Hall–Kier alpha value is -1.62. The SMILES string of the molecule is CC[C@@H]1c2cccn2CCN1C(=O)Cc1sc(C)nc1C. The van der Waals surface area contributed by atoms with Gasteiger partial charge >= 0.3 is 0 Å². The molecule has 1 amide bonds. The molecule has 4 nitrogen and oxygen atoms in total. The van der Waals surface area contributed by atoms with Crippen LogP contribution in [-0.2, 0) is 17.8 Å². The summed E-state index contributed by atoms with van der Waals surface area (Å²) in [4.78, 5) is 20.3. The van der Waals surface area contributed by atoms with Crippen LogP contribution < -0.4 is 0 Å². The zero-order chi connectivity index (χ0) is 15.0. The minimum Gasteiger partial charge on any atom is -0.348 e. The second-order valence-corrected chi connectivity index (χ2v) is 6.84. The number of amides is 1. The van der Waals surface area contributed by atoms with Crippen LogP contribution >= 0.6 is 11.3 Å². The van der Waals surface area contributed by atoms with Crippen molar-refractivity contribution in [1.82, 2.24) is 14.5 Å². The van der Waals surface area contributed by atoms with Gasteiger partial charge in [-0.1, -0.05) is 6.92 Å². The molecule has 0 spiro atoms. The van der Waals surface area contributed by atoms with Gasteiger partial charge in [-0.3, -0.25) is 4.79 Å². The third-order valence-corrected chi connectivity index (χ3v) is 5.26. The molecule has 0 bridgehead atoms. The third kappa shape index (κ3) is 2.62. The Labute approximate surface area is 129 Å². The van der Waals surface area contributed by atoms with E-state index >= 15 is 0 Å². The van der Waals surface area contributed by atoms with E-state index in [-0.39, 0.29) is 11.9 Å². The Balaban J connectivity index is 1.80. The van der Waals surface area contributed by atoms with E-state index in [2.05, 4.69) is 34.8 Å². The van der Waals surface area contributed by atoms with Crippen LogP contribution in [0.15, 0.2) is 18.3 Å². The number of rotatable bonds is 3. The van der Waals surface area contributed by atoms with Crippen LogP contribution in [0.4, 0.5) is 0 Å². The lowest BCUT2D eigenvalue weighted by Crippen LogP contribution is -2.42. The molecular weight excluding hydrogens is 282 g/mol. The maximum atomic E-state index is 12.7. The van der Waals surface area contributed by atoms with Gasteiger partial charge in [0.25, 0.3) is 0 Å². The highest BCUT2D eigenvalue weighted by Crippen LogP contribution is 2.30. The Bertz CT molecular complexity index is 658. The van der Waals surface area contributed by atoms with Crippen molar-refractivity contribution in [2.45, 2.75) is 46.2 Å². The zero-order valence-electron chi connectivity index (χ0n) is 12.8. The van der Waals surface area contributed by atoms with E-state index in [9.17, 15) is 4.79 Å². The van der Waals surface area contributed by atoms with Gasteiger partial charge in [-0.2, -0.15) is 0 Å². The maximum absolute atomic E-state index is 12.7. The van der Waals surface area contributed by atoms with Gasteiger partial charge in [-0.05, 0) is 32.4 Å². The summed E-state index contributed by atoms with van der Waals surface area (Å²) in [5.74, 6) is 0.223. The first kappa shape index (κ1) is 14.3. The van der Waals surface area contributed by atoms with E-state index in [0.717, 1.165) is 35.1 Å². The summed E-state index contributed by atoms with van der Waals surface area (Å²) >= 11 is 1.64. The molecule has 0 aliphatic carbocycles. The third-order valence-electron chi connectivity index (χ3n) is 4.18. The lowest BCUT2D eigenvalue weighted by molar-refractivity contribution is -0.134. The number of thiazole rings is 1. The highest BCUT2D eigenvalue weighted by molar-refractivity contribution is 7.11. The minimum atomic E-state index is 0.204. The van der Waals surface area contributed by atoms with Crippen LogP contribution in [0.25, 0.3) is 0 Å². The van der Waals surface area contributed by atoms with Crippen LogP contribution in [0.5, 0.6) is 0 Å². The fraction of sp³-hybridized carbons (Fsp3) is 0.500. The Kier molecular flexibility index (Phi) is 3.85. The summed E-state index contributed by atoms with van der Waals surface area (Å²) < 4.78 is 2.26. The number of nitrogens with zero attached hydrogens (tertiary/aromatic N) is 3. The molecule has 0 aromatic carbocycles. The predicted molar refractivity (Wildman–Crippen MR) is 84.5 cm³/mol. The molecule has 21 heavy (non-hydrogen) atoms. The number of carbonyl (C=O) groups excluding carboxylic acids is 1. The maximum Gasteiger partial charge on any atom is 0.228 e. The number of aryl methyl sites for hydroxylation is 2. The summed E-state index contributed by atoms with van der Waals surface area (Å²) in [6.07, 6.45) is 3.54. The fourth-order valence-corrected chi connectivity index (χ4v) is 4.10. The summed E-state index contributed by atoms with van der Waals surface area (Å²) in [5, 5.41) is 1.04. The van der Waals surface area contributed by atoms with Crippen molar-refractivity contribution in [1.29, 1.82) is 0 Å². The summed E-state index contributed by atoms with van der Waals surface area (Å²) in [6, 6.07) is 4.41. The summed E-state index contributed by atoms with van der Waals surface area (Å²) in [7, 11) is 0. The molecule has 2 aromatic rings. The van der Waals surface area contributed by atoms with Crippen LogP contribution in [-0.4, -0.2) is 26.9 Å².